The summed E-state index contributed by atoms with van der Waals surface area (Å²) in [5.41, 5.74) is 6.16. The third-order valence-electron chi connectivity index (χ3n) is 1.55. The van der Waals surface area contributed by atoms with Crippen LogP contribution in [0.3, 0.4) is 0 Å². The van der Waals surface area contributed by atoms with E-state index in [0.717, 1.165) is 5.56 Å². The molecule has 0 unspecified atom stereocenters. The molecule has 1 aromatic rings. The zero-order valence-corrected chi connectivity index (χ0v) is 7.37. The minimum absolute atomic E-state index is 0.119. The van der Waals surface area contributed by atoms with Crippen molar-refractivity contribution in [1.29, 1.82) is 0 Å². The lowest BCUT2D eigenvalue weighted by Gasteiger charge is -2.03. The van der Waals surface area contributed by atoms with Crippen LogP contribution in [0.1, 0.15) is 5.56 Å². The second-order valence-electron chi connectivity index (χ2n) is 2.52. The van der Waals surface area contributed by atoms with Gasteiger partial charge < -0.3 is 16.0 Å². The molecule has 0 aromatic carbocycles. The van der Waals surface area contributed by atoms with Crippen molar-refractivity contribution in [3.05, 3.63) is 34.2 Å². The Morgan fingerprint density at radius 2 is 2.54 bits per heavy atom. The predicted octanol–water partition coefficient (Wildman–Crippen LogP) is -0.591. The second kappa shape index (κ2) is 4.30. The normalized spacial score (nSPS) is 11.3. The molecule has 0 aliphatic heterocycles. The second-order valence-corrected chi connectivity index (χ2v) is 2.52. The average Bonchev–Trinajstić information content (AvgIpc) is 2.14. The van der Waals surface area contributed by atoms with Crippen molar-refractivity contribution in [2.75, 3.05) is 7.05 Å². The number of aromatic amines is 1. The highest BCUT2D eigenvalue weighted by Gasteiger charge is 1.93. The number of nitrogens with one attached hydrogen (secondary N) is 2. The van der Waals surface area contributed by atoms with Gasteiger partial charge in [-0.15, -0.1) is 0 Å². The van der Waals surface area contributed by atoms with Gasteiger partial charge in [-0.25, -0.2) is 0 Å². The van der Waals surface area contributed by atoms with Gasteiger partial charge in [-0.2, -0.15) is 0 Å². The number of H-pyrrole nitrogens is 1. The number of hydrogen-bond donors (Lipinski definition) is 3. The van der Waals surface area contributed by atoms with Gasteiger partial charge in [-0.05, 0) is 11.6 Å². The zero-order chi connectivity index (χ0) is 9.68. The van der Waals surface area contributed by atoms with E-state index >= 15 is 0 Å². The van der Waals surface area contributed by atoms with Crippen molar-refractivity contribution < 1.29 is 0 Å². The molecule has 0 spiro atoms. The molecule has 1 heterocycles. The maximum atomic E-state index is 10.9. The van der Waals surface area contributed by atoms with Crippen LogP contribution < -0.4 is 16.6 Å². The van der Waals surface area contributed by atoms with E-state index in [4.69, 9.17) is 5.73 Å². The Labute approximate surface area is 75.7 Å². The summed E-state index contributed by atoms with van der Waals surface area (Å²) in [7, 11) is 1.60. The van der Waals surface area contributed by atoms with E-state index in [9.17, 15) is 4.79 Å². The highest BCUT2D eigenvalue weighted by Crippen LogP contribution is 1.90. The Bertz CT molecular complexity index is 355. The molecule has 0 aliphatic carbocycles. The number of guanidine groups is 1. The van der Waals surface area contributed by atoms with Crippen LogP contribution in [-0.2, 0) is 6.54 Å². The van der Waals surface area contributed by atoms with Gasteiger partial charge in [0.2, 0.25) is 5.56 Å². The highest BCUT2D eigenvalue weighted by atomic mass is 16.1. The fourth-order valence-corrected chi connectivity index (χ4v) is 0.871. The molecule has 70 valence electrons. The van der Waals surface area contributed by atoms with Crippen LogP contribution in [-0.4, -0.2) is 18.0 Å². The first kappa shape index (κ1) is 9.31. The summed E-state index contributed by atoms with van der Waals surface area (Å²) in [6.07, 6.45) is 1.60. The lowest BCUT2D eigenvalue weighted by atomic mass is 10.3. The molecule has 0 fully saturated rings. The van der Waals surface area contributed by atoms with Crippen molar-refractivity contribution in [3.63, 3.8) is 0 Å². The fourth-order valence-electron chi connectivity index (χ4n) is 0.871. The summed E-state index contributed by atoms with van der Waals surface area (Å²) in [4.78, 5) is 17.1. The van der Waals surface area contributed by atoms with Gasteiger partial charge in [0, 0.05) is 25.9 Å². The summed E-state index contributed by atoms with van der Waals surface area (Å²) >= 11 is 0. The Morgan fingerprint density at radius 1 is 1.77 bits per heavy atom. The molecule has 0 aliphatic rings. The number of aromatic nitrogens is 1. The maximum absolute atomic E-state index is 10.9. The lowest BCUT2D eigenvalue weighted by molar-refractivity contribution is 0.894. The minimum Gasteiger partial charge on any atom is -0.370 e. The van der Waals surface area contributed by atoms with E-state index < -0.39 is 0 Å². The molecular weight excluding hydrogens is 168 g/mol. The van der Waals surface area contributed by atoms with Crippen molar-refractivity contribution in [3.8, 4) is 0 Å². The number of pyridine rings is 1. The molecule has 13 heavy (non-hydrogen) atoms. The summed E-state index contributed by atoms with van der Waals surface area (Å²) in [5.74, 6) is 0.361. The standard InChI is InChI=1S/C8H12N4O/c1-10-8(9)12-5-6-2-3-11-7(13)4-6/h2-4H,5H2,1H3,(H,11,13)(H3,9,10,12). The van der Waals surface area contributed by atoms with Crippen molar-refractivity contribution >= 4 is 5.96 Å². The number of nitrogens with zero attached hydrogens (tertiary/aromatic N) is 1. The first-order valence-electron chi connectivity index (χ1n) is 3.86. The quantitative estimate of drug-likeness (QED) is 0.420. The third kappa shape index (κ3) is 2.98. The van der Waals surface area contributed by atoms with Crippen LogP contribution in [0.2, 0.25) is 0 Å². The summed E-state index contributed by atoms with van der Waals surface area (Å²) < 4.78 is 0. The van der Waals surface area contributed by atoms with Crippen LogP contribution >= 0.6 is 0 Å². The molecule has 0 atom stereocenters. The smallest absolute Gasteiger partial charge is 0.248 e. The van der Waals surface area contributed by atoms with Gasteiger partial charge >= 0.3 is 0 Å². The Hall–Kier alpha value is -1.78. The lowest BCUT2D eigenvalue weighted by Crippen LogP contribution is -2.31. The number of rotatable bonds is 2. The van der Waals surface area contributed by atoms with Gasteiger partial charge in [0.1, 0.15) is 0 Å². The van der Waals surface area contributed by atoms with E-state index in [1.165, 1.54) is 6.07 Å². The zero-order valence-electron chi connectivity index (χ0n) is 7.37. The molecule has 5 nitrogen and oxygen atoms in total. The molecule has 0 amide bonds. The molecule has 1 rings (SSSR count). The van der Waals surface area contributed by atoms with E-state index in [2.05, 4.69) is 15.3 Å². The largest absolute Gasteiger partial charge is 0.370 e. The van der Waals surface area contributed by atoms with E-state index in [0.29, 0.717) is 12.5 Å². The van der Waals surface area contributed by atoms with Crippen molar-refractivity contribution in [2.45, 2.75) is 6.54 Å². The minimum atomic E-state index is -0.119. The number of hydrogen-bond acceptors (Lipinski definition) is 2. The first-order valence-corrected chi connectivity index (χ1v) is 3.86. The fraction of sp³-hybridized carbons (Fsp3) is 0.250. The molecule has 0 bridgehead atoms. The Balaban J connectivity index is 2.60. The van der Waals surface area contributed by atoms with Crippen LogP contribution in [0.15, 0.2) is 28.1 Å². The summed E-state index contributed by atoms with van der Waals surface area (Å²) in [6, 6.07) is 3.31. The maximum Gasteiger partial charge on any atom is 0.248 e. The molecule has 5 heteroatoms. The molecule has 0 saturated carbocycles. The molecule has 1 aromatic heterocycles. The Kier molecular flexibility index (Phi) is 3.08. The summed E-state index contributed by atoms with van der Waals surface area (Å²) in [6.45, 7) is 0.507. The van der Waals surface area contributed by atoms with Crippen LogP contribution in [0, 0.1) is 0 Å². The topological polar surface area (TPSA) is 83.3 Å². The van der Waals surface area contributed by atoms with Crippen molar-refractivity contribution in [2.24, 2.45) is 10.7 Å². The number of aliphatic imine (C=N–C) groups is 1. The molecule has 0 radical (unpaired) electrons. The van der Waals surface area contributed by atoms with E-state index in [-0.39, 0.29) is 5.56 Å². The number of nitrogens with two attached hydrogens (primary N) is 1. The Morgan fingerprint density at radius 3 is 3.15 bits per heavy atom. The van der Waals surface area contributed by atoms with Crippen LogP contribution in [0.25, 0.3) is 0 Å². The monoisotopic (exact) mass is 180 g/mol. The van der Waals surface area contributed by atoms with Crippen LogP contribution in [0.5, 0.6) is 0 Å². The average molecular weight is 180 g/mol. The van der Waals surface area contributed by atoms with Gasteiger partial charge in [-0.3, -0.25) is 9.79 Å². The summed E-state index contributed by atoms with van der Waals surface area (Å²) in [5, 5.41) is 2.85. The van der Waals surface area contributed by atoms with Crippen molar-refractivity contribution in [1.82, 2.24) is 10.3 Å². The third-order valence-corrected chi connectivity index (χ3v) is 1.55. The van der Waals surface area contributed by atoms with E-state index in [1.54, 1.807) is 19.3 Å². The van der Waals surface area contributed by atoms with Gasteiger partial charge in [0.05, 0.1) is 0 Å². The predicted molar refractivity (Wildman–Crippen MR) is 51.4 cm³/mol. The highest BCUT2D eigenvalue weighted by molar-refractivity contribution is 5.77. The molecule has 0 saturated heterocycles. The molecule has 4 N–H and O–H groups in total. The van der Waals surface area contributed by atoms with Crippen LogP contribution in [0.4, 0.5) is 0 Å². The van der Waals surface area contributed by atoms with E-state index in [1.807, 2.05) is 0 Å². The first-order chi connectivity index (χ1) is 6.22. The SMILES string of the molecule is CN=C(N)NCc1cc[nH]c(=O)c1. The van der Waals surface area contributed by atoms with Gasteiger partial charge in [0.15, 0.2) is 5.96 Å². The molecular formula is C8H12N4O. The van der Waals surface area contributed by atoms with Gasteiger partial charge in [0.25, 0.3) is 0 Å². The van der Waals surface area contributed by atoms with Gasteiger partial charge in [-0.1, -0.05) is 0 Å².